The first-order valence-corrected chi connectivity index (χ1v) is 8.48. The van der Waals surface area contributed by atoms with Crippen LogP contribution in [-0.4, -0.2) is 48.4 Å². The van der Waals surface area contributed by atoms with Gasteiger partial charge >= 0.3 is 0 Å². The molecule has 0 saturated carbocycles. The summed E-state index contributed by atoms with van der Waals surface area (Å²) < 4.78 is 14.0. The van der Waals surface area contributed by atoms with E-state index in [0.717, 1.165) is 19.5 Å². The fourth-order valence-electron chi connectivity index (χ4n) is 3.51. The topological polar surface area (TPSA) is 23.6 Å². The lowest BCUT2D eigenvalue weighted by Gasteiger charge is -2.29. The van der Waals surface area contributed by atoms with Crippen molar-refractivity contribution in [3.05, 3.63) is 34.6 Å². The minimum atomic E-state index is -0.603. The molecule has 2 aliphatic heterocycles. The summed E-state index contributed by atoms with van der Waals surface area (Å²) in [5.74, 6) is -0.334. The molecule has 2 fully saturated rings. The molecule has 1 amide bonds. The Balaban J connectivity index is 1.59. The van der Waals surface area contributed by atoms with Crippen molar-refractivity contribution in [3.63, 3.8) is 0 Å². The second-order valence-electron chi connectivity index (χ2n) is 6.37. The van der Waals surface area contributed by atoms with Crippen molar-refractivity contribution in [1.29, 1.82) is 0 Å². The number of rotatable bonds is 3. The summed E-state index contributed by atoms with van der Waals surface area (Å²) in [6.07, 6.45) is 4.90. The fourth-order valence-corrected chi connectivity index (χ4v) is 3.69. The van der Waals surface area contributed by atoms with Gasteiger partial charge in [-0.05, 0) is 50.4 Å². The minimum absolute atomic E-state index is 0.00918. The predicted molar refractivity (Wildman–Crippen MR) is 85.7 cm³/mol. The van der Waals surface area contributed by atoms with E-state index in [2.05, 4.69) is 4.90 Å². The van der Waals surface area contributed by atoms with Crippen molar-refractivity contribution in [1.82, 2.24) is 9.80 Å². The third-order valence-corrected chi connectivity index (χ3v) is 5.01. The minimum Gasteiger partial charge on any atom is -0.338 e. The second kappa shape index (κ2) is 6.97. The quantitative estimate of drug-likeness (QED) is 0.850. The Bertz CT molecular complexity index is 545. The third kappa shape index (κ3) is 3.44. The number of likely N-dealkylation sites (tertiary alicyclic amines) is 2. The Labute approximate surface area is 136 Å². The summed E-state index contributed by atoms with van der Waals surface area (Å²) in [6, 6.07) is 4.61. The van der Waals surface area contributed by atoms with Gasteiger partial charge in [0.1, 0.15) is 0 Å². The summed E-state index contributed by atoms with van der Waals surface area (Å²) in [4.78, 5) is 16.7. The molecule has 0 radical (unpaired) electrons. The maximum absolute atomic E-state index is 14.0. The van der Waals surface area contributed by atoms with E-state index in [1.165, 1.54) is 44.5 Å². The standard InChI is InChI=1S/C17H22ClFN2O/c18-15-6-4-5-14(16(15)19)17(22)21-10-7-13(12-21)11-20-8-2-1-3-9-20/h4-6,13H,1-3,7-12H2. The fraction of sp³-hybridized carbons (Fsp3) is 0.588. The molecular formula is C17H22ClFN2O. The van der Waals surface area contributed by atoms with Gasteiger partial charge in [0.25, 0.3) is 5.91 Å². The van der Waals surface area contributed by atoms with Crippen LogP contribution in [-0.2, 0) is 0 Å². The van der Waals surface area contributed by atoms with Gasteiger partial charge < -0.3 is 9.80 Å². The van der Waals surface area contributed by atoms with Gasteiger partial charge in [-0.3, -0.25) is 4.79 Å². The molecule has 2 saturated heterocycles. The van der Waals surface area contributed by atoms with Crippen LogP contribution < -0.4 is 0 Å². The molecular weight excluding hydrogens is 303 g/mol. The first kappa shape index (κ1) is 15.8. The number of carbonyl (C=O) groups is 1. The van der Waals surface area contributed by atoms with Gasteiger partial charge in [-0.1, -0.05) is 24.1 Å². The molecule has 1 atom stereocenters. The smallest absolute Gasteiger partial charge is 0.256 e. The van der Waals surface area contributed by atoms with E-state index < -0.39 is 5.82 Å². The monoisotopic (exact) mass is 324 g/mol. The van der Waals surface area contributed by atoms with Crippen LogP contribution in [0.25, 0.3) is 0 Å². The van der Waals surface area contributed by atoms with Crippen molar-refractivity contribution in [3.8, 4) is 0 Å². The highest BCUT2D eigenvalue weighted by Gasteiger charge is 2.30. The van der Waals surface area contributed by atoms with E-state index >= 15 is 0 Å². The number of carbonyl (C=O) groups excluding carboxylic acids is 1. The van der Waals surface area contributed by atoms with Gasteiger partial charge in [0.05, 0.1) is 10.6 Å². The molecule has 1 aromatic rings. The molecule has 0 N–H and O–H groups in total. The lowest BCUT2D eigenvalue weighted by molar-refractivity contribution is 0.0777. The van der Waals surface area contributed by atoms with Crippen molar-refractivity contribution in [2.75, 3.05) is 32.7 Å². The molecule has 120 valence electrons. The van der Waals surface area contributed by atoms with Crippen LogP contribution in [0.15, 0.2) is 18.2 Å². The number of amides is 1. The summed E-state index contributed by atoms with van der Waals surface area (Å²) in [7, 11) is 0. The zero-order chi connectivity index (χ0) is 15.5. The summed E-state index contributed by atoms with van der Waals surface area (Å²) in [6.45, 7) is 4.84. The zero-order valence-electron chi connectivity index (χ0n) is 12.7. The van der Waals surface area contributed by atoms with Crippen LogP contribution in [0.2, 0.25) is 5.02 Å². The molecule has 1 unspecified atom stereocenters. The van der Waals surface area contributed by atoms with Gasteiger partial charge in [0.2, 0.25) is 0 Å². The molecule has 2 aliphatic rings. The number of nitrogens with zero attached hydrogens (tertiary/aromatic N) is 2. The first-order chi connectivity index (χ1) is 10.6. The van der Waals surface area contributed by atoms with Crippen LogP contribution in [0, 0.1) is 11.7 Å². The number of benzene rings is 1. The molecule has 0 aromatic heterocycles. The Hall–Kier alpha value is -1.13. The number of piperidine rings is 1. The highest BCUT2D eigenvalue weighted by Crippen LogP contribution is 2.24. The van der Waals surface area contributed by atoms with Gasteiger partial charge in [-0.15, -0.1) is 0 Å². The normalized spacial score (nSPS) is 23.0. The highest BCUT2D eigenvalue weighted by atomic mass is 35.5. The molecule has 0 spiro atoms. The Morgan fingerprint density at radius 3 is 2.77 bits per heavy atom. The van der Waals surface area contributed by atoms with Crippen molar-refractivity contribution < 1.29 is 9.18 Å². The first-order valence-electron chi connectivity index (χ1n) is 8.11. The molecule has 0 aliphatic carbocycles. The highest BCUT2D eigenvalue weighted by molar-refractivity contribution is 6.31. The van der Waals surface area contributed by atoms with Crippen LogP contribution in [0.4, 0.5) is 4.39 Å². The van der Waals surface area contributed by atoms with Crippen LogP contribution in [0.3, 0.4) is 0 Å². The van der Waals surface area contributed by atoms with E-state index in [9.17, 15) is 9.18 Å². The Morgan fingerprint density at radius 1 is 1.23 bits per heavy atom. The number of halogens is 2. The van der Waals surface area contributed by atoms with E-state index in [4.69, 9.17) is 11.6 Å². The summed E-state index contributed by atoms with van der Waals surface area (Å²) in [5.41, 5.74) is 0.0890. The molecule has 2 heterocycles. The summed E-state index contributed by atoms with van der Waals surface area (Å²) >= 11 is 5.77. The van der Waals surface area contributed by atoms with Gasteiger partial charge in [-0.2, -0.15) is 0 Å². The largest absolute Gasteiger partial charge is 0.338 e. The Kier molecular flexibility index (Phi) is 4.99. The maximum Gasteiger partial charge on any atom is 0.256 e. The van der Waals surface area contributed by atoms with E-state index in [1.54, 1.807) is 11.0 Å². The number of hydrogen-bond acceptors (Lipinski definition) is 2. The number of hydrogen-bond donors (Lipinski definition) is 0. The lowest BCUT2D eigenvalue weighted by atomic mass is 10.1. The zero-order valence-corrected chi connectivity index (χ0v) is 13.5. The third-order valence-electron chi connectivity index (χ3n) is 4.72. The molecule has 3 rings (SSSR count). The van der Waals surface area contributed by atoms with Crippen LogP contribution in [0.1, 0.15) is 36.0 Å². The lowest BCUT2D eigenvalue weighted by Crippen LogP contribution is -2.36. The average Bonchev–Trinajstić information content (AvgIpc) is 2.99. The maximum atomic E-state index is 14.0. The van der Waals surface area contributed by atoms with E-state index in [-0.39, 0.29) is 16.5 Å². The van der Waals surface area contributed by atoms with Crippen LogP contribution in [0.5, 0.6) is 0 Å². The molecule has 1 aromatic carbocycles. The summed E-state index contributed by atoms with van der Waals surface area (Å²) in [5, 5.41) is 0.00918. The average molecular weight is 325 g/mol. The Morgan fingerprint density at radius 2 is 2.00 bits per heavy atom. The predicted octanol–water partition coefficient (Wildman–Crippen LogP) is 3.43. The molecule has 3 nitrogen and oxygen atoms in total. The van der Waals surface area contributed by atoms with Gasteiger partial charge in [0.15, 0.2) is 5.82 Å². The van der Waals surface area contributed by atoms with Gasteiger partial charge in [0, 0.05) is 19.6 Å². The van der Waals surface area contributed by atoms with Crippen molar-refractivity contribution in [2.24, 2.45) is 5.92 Å². The molecule has 22 heavy (non-hydrogen) atoms. The SMILES string of the molecule is O=C(c1cccc(Cl)c1F)N1CCC(CN2CCCCC2)C1. The van der Waals surface area contributed by atoms with E-state index in [1.807, 2.05) is 0 Å². The molecule has 0 bridgehead atoms. The van der Waals surface area contributed by atoms with Gasteiger partial charge in [-0.25, -0.2) is 4.39 Å². The van der Waals surface area contributed by atoms with Crippen LogP contribution >= 0.6 is 11.6 Å². The van der Waals surface area contributed by atoms with E-state index in [0.29, 0.717) is 12.5 Å². The second-order valence-corrected chi connectivity index (χ2v) is 6.78. The molecule has 5 heteroatoms. The van der Waals surface area contributed by atoms with Crippen molar-refractivity contribution in [2.45, 2.75) is 25.7 Å². The van der Waals surface area contributed by atoms with Crippen molar-refractivity contribution >= 4 is 17.5 Å².